The van der Waals surface area contributed by atoms with Crippen LogP contribution >= 0.6 is 11.6 Å². The van der Waals surface area contributed by atoms with Gasteiger partial charge in [0.2, 0.25) is 0 Å². The van der Waals surface area contributed by atoms with Gasteiger partial charge in [-0.25, -0.2) is 0 Å². The molecule has 2 rings (SSSR count). The molecule has 0 aromatic heterocycles. The molecule has 0 saturated carbocycles. The van der Waals surface area contributed by atoms with Crippen molar-refractivity contribution in [2.75, 3.05) is 19.0 Å². The van der Waals surface area contributed by atoms with E-state index in [1.54, 1.807) is 48.5 Å². The second-order valence-corrected chi connectivity index (χ2v) is 5.58. The van der Waals surface area contributed by atoms with Crippen LogP contribution in [0.25, 0.3) is 6.08 Å². The van der Waals surface area contributed by atoms with E-state index in [4.69, 9.17) is 21.1 Å². The van der Waals surface area contributed by atoms with Crippen LogP contribution in [0.15, 0.2) is 60.7 Å². The molecule has 1 amide bonds. The number of hydrogen-bond acceptors (Lipinski definition) is 4. The van der Waals surface area contributed by atoms with Gasteiger partial charge in [-0.05, 0) is 48.0 Å². The lowest BCUT2D eigenvalue weighted by molar-refractivity contribution is -0.112. The number of methoxy groups -OCH3 is 1. The molecule has 132 valence electrons. The molecule has 26 heavy (non-hydrogen) atoms. The highest BCUT2D eigenvalue weighted by molar-refractivity contribution is 6.30. The Morgan fingerprint density at radius 3 is 2.62 bits per heavy atom. The number of nitriles is 1. The summed E-state index contributed by atoms with van der Waals surface area (Å²) in [6, 6.07) is 13.6. The van der Waals surface area contributed by atoms with Crippen molar-refractivity contribution in [1.29, 1.82) is 5.26 Å². The summed E-state index contributed by atoms with van der Waals surface area (Å²) in [7, 11) is 1.52. The van der Waals surface area contributed by atoms with E-state index in [9.17, 15) is 10.1 Å². The number of nitrogens with one attached hydrogen (secondary N) is 1. The van der Waals surface area contributed by atoms with Crippen LogP contribution in [0, 0.1) is 11.3 Å². The first kappa shape index (κ1) is 19.1. The van der Waals surface area contributed by atoms with Gasteiger partial charge in [-0.1, -0.05) is 30.3 Å². The Bertz CT molecular complexity index is 868. The summed E-state index contributed by atoms with van der Waals surface area (Å²) in [6.07, 6.45) is 3.10. The zero-order valence-corrected chi connectivity index (χ0v) is 14.9. The molecule has 6 heteroatoms. The van der Waals surface area contributed by atoms with E-state index in [1.165, 1.54) is 13.2 Å². The van der Waals surface area contributed by atoms with Crippen molar-refractivity contribution in [3.8, 4) is 17.6 Å². The van der Waals surface area contributed by atoms with Gasteiger partial charge in [-0.2, -0.15) is 5.26 Å². The van der Waals surface area contributed by atoms with Gasteiger partial charge in [0.1, 0.15) is 18.2 Å². The summed E-state index contributed by atoms with van der Waals surface area (Å²) in [5.74, 6) is 0.533. The number of anilines is 1. The first-order valence-corrected chi connectivity index (χ1v) is 8.05. The molecule has 2 aromatic carbocycles. The lowest BCUT2D eigenvalue weighted by Gasteiger charge is -2.10. The average molecular weight is 369 g/mol. The van der Waals surface area contributed by atoms with E-state index in [-0.39, 0.29) is 5.57 Å². The monoisotopic (exact) mass is 368 g/mol. The van der Waals surface area contributed by atoms with Gasteiger partial charge in [0, 0.05) is 10.7 Å². The van der Waals surface area contributed by atoms with E-state index in [2.05, 4.69) is 11.9 Å². The number of nitrogens with zero attached hydrogens (tertiary/aromatic N) is 1. The zero-order chi connectivity index (χ0) is 18.9. The number of carbonyl (C=O) groups excluding carboxylic acids is 1. The van der Waals surface area contributed by atoms with Crippen LogP contribution in [0.4, 0.5) is 5.69 Å². The van der Waals surface area contributed by atoms with Crippen molar-refractivity contribution in [3.05, 3.63) is 71.3 Å². The first-order valence-electron chi connectivity index (χ1n) is 7.68. The number of rotatable bonds is 7. The minimum absolute atomic E-state index is 0.0400. The third-order valence-corrected chi connectivity index (χ3v) is 3.57. The van der Waals surface area contributed by atoms with Crippen LogP contribution in [0.3, 0.4) is 0 Å². The highest BCUT2D eigenvalue weighted by atomic mass is 35.5. The summed E-state index contributed by atoms with van der Waals surface area (Å²) in [5.41, 5.74) is 1.14. The molecule has 0 radical (unpaired) electrons. The van der Waals surface area contributed by atoms with Gasteiger partial charge in [-0.15, -0.1) is 0 Å². The number of halogens is 1. The van der Waals surface area contributed by atoms with Gasteiger partial charge in [-0.3, -0.25) is 4.79 Å². The molecule has 2 aromatic rings. The smallest absolute Gasteiger partial charge is 0.266 e. The summed E-state index contributed by atoms with van der Waals surface area (Å²) < 4.78 is 10.8. The minimum Gasteiger partial charge on any atom is -0.493 e. The van der Waals surface area contributed by atoms with Crippen LogP contribution in [-0.4, -0.2) is 19.6 Å². The maximum absolute atomic E-state index is 12.3. The summed E-state index contributed by atoms with van der Waals surface area (Å²) in [5, 5.41) is 12.5. The highest BCUT2D eigenvalue weighted by Crippen LogP contribution is 2.29. The second kappa shape index (κ2) is 9.30. The Labute approximate surface area is 157 Å². The molecule has 0 bridgehead atoms. The van der Waals surface area contributed by atoms with Crippen LogP contribution < -0.4 is 14.8 Å². The Balaban J connectivity index is 2.21. The quantitative estimate of drug-likeness (QED) is 0.445. The predicted octanol–water partition coefficient (Wildman–Crippen LogP) is 4.46. The van der Waals surface area contributed by atoms with E-state index < -0.39 is 5.91 Å². The molecular formula is C20H17ClN2O3. The van der Waals surface area contributed by atoms with E-state index >= 15 is 0 Å². The molecule has 1 N–H and O–H groups in total. The molecule has 0 unspecified atom stereocenters. The van der Waals surface area contributed by atoms with E-state index in [0.717, 1.165) is 0 Å². The number of carbonyl (C=O) groups is 1. The Kier molecular flexibility index (Phi) is 6.84. The molecule has 0 saturated heterocycles. The van der Waals surface area contributed by atoms with Crippen LogP contribution in [0.5, 0.6) is 11.5 Å². The SMILES string of the molecule is C=CCOc1ccc(/C=C(/C#N)C(=O)Nc2ccc(Cl)cc2)cc1OC. The molecule has 0 aliphatic rings. The molecule has 0 aliphatic carbocycles. The van der Waals surface area contributed by atoms with Crippen LogP contribution in [0.1, 0.15) is 5.56 Å². The third-order valence-electron chi connectivity index (χ3n) is 3.32. The average Bonchev–Trinajstić information content (AvgIpc) is 2.66. The van der Waals surface area contributed by atoms with Gasteiger partial charge in [0.05, 0.1) is 7.11 Å². The minimum atomic E-state index is -0.513. The number of hydrogen-bond donors (Lipinski definition) is 1. The zero-order valence-electron chi connectivity index (χ0n) is 14.2. The van der Waals surface area contributed by atoms with Gasteiger partial charge in [0.25, 0.3) is 5.91 Å². The molecule has 0 heterocycles. The van der Waals surface area contributed by atoms with E-state index in [0.29, 0.717) is 34.4 Å². The van der Waals surface area contributed by atoms with Crippen LogP contribution in [-0.2, 0) is 4.79 Å². The van der Waals surface area contributed by atoms with Crippen LogP contribution in [0.2, 0.25) is 5.02 Å². The molecular weight excluding hydrogens is 352 g/mol. The largest absolute Gasteiger partial charge is 0.493 e. The van der Waals surface area contributed by atoms with Gasteiger partial charge < -0.3 is 14.8 Å². The second-order valence-electron chi connectivity index (χ2n) is 5.14. The summed E-state index contributed by atoms with van der Waals surface area (Å²) in [4.78, 5) is 12.3. The topological polar surface area (TPSA) is 71.3 Å². The summed E-state index contributed by atoms with van der Waals surface area (Å²) >= 11 is 5.81. The van der Waals surface area contributed by atoms with Gasteiger partial charge >= 0.3 is 0 Å². The molecule has 0 spiro atoms. The first-order chi connectivity index (χ1) is 12.6. The Morgan fingerprint density at radius 2 is 2.00 bits per heavy atom. The fourth-order valence-electron chi connectivity index (χ4n) is 2.09. The Morgan fingerprint density at radius 1 is 1.27 bits per heavy atom. The molecule has 0 fully saturated rings. The standard InChI is InChI=1S/C20H17ClN2O3/c1-3-10-26-18-9-4-14(12-19(18)25-2)11-15(13-22)20(24)23-17-7-5-16(21)6-8-17/h3-9,11-12H,1,10H2,2H3,(H,23,24)/b15-11-. The van der Waals surface area contributed by atoms with Crippen molar-refractivity contribution in [3.63, 3.8) is 0 Å². The fourth-order valence-corrected chi connectivity index (χ4v) is 2.21. The predicted molar refractivity (Wildman–Crippen MR) is 102 cm³/mol. The third kappa shape index (κ3) is 5.13. The fraction of sp³-hybridized carbons (Fsp3) is 0.100. The number of ether oxygens (including phenoxy) is 2. The summed E-state index contributed by atoms with van der Waals surface area (Å²) in [6.45, 7) is 3.94. The maximum atomic E-state index is 12.3. The van der Waals surface area contributed by atoms with Crippen molar-refractivity contribution in [2.24, 2.45) is 0 Å². The Hall–Kier alpha value is -3.23. The van der Waals surface area contributed by atoms with Crippen molar-refractivity contribution < 1.29 is 14.3 Å². The lowest BCUT2D eigenvalue weighted by atomic mass is 10.1. The van der Waals surface area contributed by atoms with E-state index in [1.807, 2.05) is 6.07 Å². The van der Waals surface area contributed by atoms with Crippen molar-refractivity contribution in [2.45, 2.75) is 0 Å². The maximum Gasteiger partial charge on any atom is 0.266 e. The molecule has 5 nitrogen and oxygen atoms in total. The normalized spacial score (nSPS) is 10.6. The van der Waals surface area contributed by atoms with Crippen molar-refractivity contribution in [1.82, 2.24) is 0 Å². The van der Waals surface area contributed by atoms with Crippen molar-refractivity contribution >= 4 is 29.3 Å². The molecule has 0 aliphatic heterocycles. The van der Waals surface area contributed by atoms with Gasteiger partial charge in [0.15, 0.2) is 11.5 Å². The molecule has 0 atom stereocenters. The highest BCUT2D eigenvalue weighted by Gasteiger charge is 2.11. The number of amides is 1. The lowest BCUT2D eigenvalue weighted by Crippen LogP contribution is -2.13. The number of benzene rings is 2.